The first-order chi connectivity index (χ1) is 7.55. The van der Waals surface area contributed by atoms with Crippen molar-refractivity contribution in [1.82, 2.24) is 4.90 Å². The maximum Gasteiger partial charge on any atom is 0.695 e. The van der Waals surface area contributed by atoms with Gasteiger partial charge in [-0.1, -0.05) is 13.8 Å². The Morgan fingerprint density at radius 1 is 1.38 bits per heavy atom. The molecule has 16 heavy (non-hydrogen) atoms. The van der Waals surface area contributed by atoms with Crippen LogP contribution in [0.25, 0.3) is 0 Å². The molecule has 1 aliphatic rings. The number of hydrogen-bond donors (Lipinski definition) is 1. The fourth-order valence-electron chi connectivity index (χ4n) is 2.08. The highest BCUT2D eigenvalue weighted by Crippen LogP contribution is 2.34. The zero-order valence-electron chi connectivity index (χ0n) is 9.81. The molecular weight excluding hydrogens is 229 g/mol. The highest BCUT2D eigenvalue weighted by molar-refractivity contribution is 7.32. The van der Waals surface area contributed by atoms with Gasteiger partial charge in [-0.05, 0) is 25.7 Å². The van der Waals surface area contributed by atoms with Gasteiger partial charge in [0.25, 0.3) is 5.91 Å². The molecule has 1 amide bonds. The Labute approximate surface area is 96.7 Å². The molecule has 1 fully saturated rings. The molecule has 1 aliphatic heterocycles. The average Bonchev–Trinajstić information content (AvgIpc) is 2.78. The Kier molecular flexibility index (Phi) is 4.84. The molecule has 1 saturated heterocycles. The summed E-state index contributed by atoms with van der Waals surface area (Å²) in [5.41, 5.74) is -1.12. The molecule has 0 radical (unpaired) electrons. The van der Waals surface area contributed by atoms with Gasteiger partial charge in [0.1, 0.15) is 0 Å². The van der Waals surface area contributed by atoms with Gasteiger partial charge < -0.3 is 4.90 Å². The lowest BCUT2D eigenvalue weighted by Crippen LogP contribution is -2.48. The molecule has 1 atom stereocenters. The summed E-state index contributed by atoms with van der Waals surface area (Å²) in [6.07, 6.45) is 2.84. The van der Waals surface area contributed by atoms with Crippen molar-refractivity contribution >= 4 is 14.2 Å². The standard InChI is InChI=1S/C10H18NO4P/c1-3-10(4-2,15-16(13)14)9(12)11-7-5-6-8-11/h3-8H2,1-2H3/p+1. The van der Waals surface area contributed by atoms with Crippen LogP contribution in [0.5, 0.6) is 0 Å². The Morgan fingerprint density at radius 2 is 1.88 bits per heavy atom. The fourth-order valence-corrected chi connectivity index (χ4v) is 2.71. The van der Waals surface area contributed by atoms with Crippen molar-refractivity contribution in [2.45, 2.75) is 45.1 Å². The van der Waals surface area contributed by atoms with Gasteiger partial charge in [-0.15, -0.1) is 9.42 Å². The summed E-state index contributed by atoms with van der Waals surface area (Å²) in [6.45, 7) is 5.06. The van der Waals surface area contributed by atoms with E-state index in [0.29, 0.717) is 12.8 Å². The molecule has 0 aromatic heterocycles. The van der Waals surface area contributed by atoms with E-state index in [-0.39, 0.29) is 5.91 Å². The molecule has 1 heterocycles. The maximum absolute atomic E-state index is 12.2. The number of likely N-dealkylation sites (tertiary alicyclic amines) is 1. The molecule has 6 heteroatoms. The minimum absolute atomic E-state index is 0.146. The first kappa shape index (κ1) is 13.6. The Bertz CT molecular complexity index is 272. The molecule has 0 saturated carbocycles. The van der Waals surface area contributed by atoms with Gasteiger partial charge in [0.15, 0.2) is 0 Å². The summed E-state index contributed by atoms with van der Waals surface area (Å²) >= 11 is 0. The maximum atomic E-state index is 12.2. The van der Waals surface area contributed by atoms with Crippen LogP contribution in [0.2, 0.25) is 0 Å². The van der Waals surface area contributed by atoms with Crippen LogP contribution >= 0.6 is 8.25 Å². The van der Waals surface area contributed by atoms with Gasteiger partial charge in [0.05, 0.1) is 0 Å². The molecule has 0 aromatic rings. The van der Waals surface area contributed by atoms with Crippen molar-refractivity contribution in [2.75, 3.05) is 13.1 Å². The Morgan fingerprint density at radius 3 is 2.25 bits per heavy atom. The second-order valence-electron chi connectivity index (χ2n) is 4.03. The van der Waals surface area contributed by atoms with Crippen LogP contribution in [0.1, 0.15) is 39.5 Å². The van der Waals surface area contributed by atoms with Crippen LogP contribution in [-0.4, -0.2) is 34.4 Å². The van der Waals surface area contributed by atoms with Crippen molar-refractivity contribution < 1.29 is 18.8 Å². The summed E-state index contributed by atoms with van der Waals surface area (Å²) in [5, 5.41) is 0. The number of carbonyl (C=O) groups is 1. The van der Waals surface area contributed by atoms with Crippen LogP contribution < -0.4 is 0 Å². The van der Waals surface area contributed by atoms with E-state index in [1.54, 1.807) is 18.7 Å². The second kappa shape index (κ2) is 5.71. The van der Waals surface area contributed by atoms with E-state index in [2.05, 4.69) is 0 Å². The van der Waals surface area contributed by atoms with E-state index >= 15 is 0 Å². The zero-order valence-corrected chi connectivity index (χ0v) is 10.7. The monoisotopic (exact) mass is 248 g/mol. The molecular formula is C10H19NO4P+. The largest absolute Gasteiger partial charge is 0.695 e. The van der Waals surface area contributed by atoms with E-state index in [1.807, 2.05) is 0 Å². The number of hydrogen-bond acceptors (Lipinski definition) is 3. The van der Waals surface area contributed by atoms with Gasteiger partial charge in [-0.2, -0.15) is 0 Å². The predicted octanol–water partition coefficient (Wildman–Crippen LogP) is 1.83. The molecule has 5 nitrogen and oxygen atoms in total. The Balaban J connectivity index is 2.81. The van der Waals surface area contributed by atoms with Gasteiger partial charge >= 0.3 is 8.25 Å². The minimum atomic E-state index is -2.74. The van der Waals surface area contributed by atoms with E-state index in [0.717, 1.165) is 25.9 Å². The number of nitrogens with zero attached hydrogens (tertiary/aromatic N) is 1. The van der Waals surface area contributed by atoms with E-state index in [4.69, 9.17) is 9.42 Å². The third-order valence-corrected chi connectivity index (χ3v) is 3.68. The number of amides is 1. The second-order valence-corrected chi connectivity index (χ2v) is 4.69. The normalized spacial score (nSPS) is 17.7. The van der Waals surface area contributed by atoms with E-state index < -0.39 is 13.9 Å². The molecule has 1 rings (SSSR count). The number of rotatable bonds is 5. The quantitative estimate of drug-likeness (QED) is 0.754. The Hall–Kier alpha value is -0.510. The highest BCUT2D eigenvalue weighted by atomic mass is 31.1. The molecule has 0 aliphatic carbocycles. The van der Waals surface area contributed by atoms with Crippen LogP contribution in [0, 0.1) is 0 Å². The van der Waals surface area contributed by atoms with Crippen LogP contribution in [0.15, 0.2) is 0 Å². The molecule has 1 N–H and O–H groups in total. The highest BCUT2D eigenvalue weighted by Gasteiger charge is 2.47. The molecule has 0 aromatic carbocycles. The van der Waals surface area contributed by atoms with Crippen LogP contribution in [0.3, 0.4) is 0 Å². The lowest BCUT2D eigenvalue weighted by molar-refractivity contribution is -0.148. The van der Waals surface area contributed by atoms with E-state index in [1.165, 1.54) is 0 Å². The van der Waals surface area contributed by atoms with Crippen molar-refractivity contribution in [3.63, 3.8) is 0 Å². The topological polar surface area (TPSA) is 66.8 Å². The van der Waals surface area contributed by atoms with Crippen molar-refractivity contribution in [2.24, 2.45) is 0 Å². The average molecular weight is 248 g/mol. The van der Waals surface area contributed by atoms with Crippen LogP contribution in [-0.2, 0) is 13.9 Å². The number of carbonyl (C=O) groups excluding carboxylic acids is 1. The first-order valence-corrected chi connectivity index (χ1v) is 6.83. The smallest absolute Gasteiger partial charge is 0.340 e. The zero-order chi connectivity index (χ0) is 12.2. The summed E-state index contributed by atoms with van der Waals surface area (Å²) in [6, 6.07) is 0. The summed E-state index contributed by atoms with van der Waals surface area (Å²) in [7, 11) is -2.74. The minimum Gasteiger partial charge on any atom is -0.340 e. The summed E-state index contributed by atoms with van der Waals surface area (Å²) < 4.78 is 15.8. The third kappa shape index (κ3) is 2.78. The van der Waals surface area contributed by atoms with Crippen LogP contribution in [0.4, 0.5) is 0 Å². The summed E-state index contributed by atoms with van der Waals surface area (Å²) in [5.74, 6) is -0.146. The van der Waals surface area contributed by atoms with E-state index in [9.17, 15) is 9.36 Å². The lowest BCUT2D eigenvalue weighted by atomic mass is 9.96. The molecule has 92 valence electrons. The van der Waals surface area contributed by atoms with Gasteiger partial charge in [0, 0.05) is 17.7 Å². The SMILES string of the molecule is CCC(CC)(O[P+](=O)O)C(=O)N1CCCC1. The van der Waals surface area contributed by atoms with Gasteiger partial charge in [-0.3, -0.25) is 4.79 Å². The third-order valence-electron chi connectivity index (χ3n) is 3.18. The van der Waals surface area contributed by atoms with Gasteiger partial charge in [-0.25, -0.2) is 0 Å². The fraction of sp³-hybridized carbons (Fsp3) is 0.900. The van der Waals surface area contributed by atoms with Crippen molar-refractivity contribution in [3.05, 3.63) is 0 Å². The lowest BCUT2D eigenvalue weighted by Gasteiger charge is -2.28. The van der Waals surface area contributed by atoms with Crippen molar-refractivity contribution in [3.8, 4) is 0 Å². The summed E-state index contributed by atoms with van der Waals surface area (Å²) in [4.78, 5) is 22.8. The molecule has 0 spiro atoms. The molecule has 0 bridgehead atoms. The molecule has 1 unspecified atom stereocenters. The van der Waals surface area contributed by atoms with Crippen molar-refractivity contribution in [1.29, 1.82) is 0 Å². The van der Waals surface area contributed by atoms with Gasteiger partial charge in [0.2, 0.25) is 5.60 Å². The first-order valence-electron chi connectivity index (χ1n) is 5.70. The predicted molar refractivity (Wildman–Crippen MR) is 60.0 cm³/mol.